The summed E-state index contributed by atoms with van der Waals surface area (Å²) in [6.45, 7) is 1.22. The van der Waals surface area contributed by atoms with Crippen molar-refractivity contribution in [3.05, 3.63) is 17.2 Å². The van der Waals surface area contributed by atoms with Crippen LogP contribution < -0.4 is 26.1 Å². The molecule has 0 saturated heterocycles. The van der Waals surface area contributed by atoms with E-state index in [4.69, 9.17) is 31.7 Å². The summed E-state index contributed by atoms with van der Waals surface area (Å²) < 4.78 is 15.4. The van der Waals surface area contributed by atoms with Gasteiger partial charge in [-0.15, -0.1) is 0 Å². The van der Waals surface area contributed by atoms with Crippen LogP contribution in [0.5, 0.6) is 11.5 Å². The smallest absolute Gasteiger partial charge is 0.210 e. The Morgan fingerprint density at radius 1 is 1.24 bits per heavy atom. The fourth-order valence-electron chi connectivity index (χ4n) is 1.61. The van der Waals surface area contributed by atoms with Crippen molar-refractivity contribution >= 4 is 23.2 Å². The number of methoxy groups -OCH3 is 3. The van der Waals surface area contributed by atoms with Crippen molar-refractivity contribution in [2.75, 3.05) is 39.8 Å². The number of hydrogen-bond donors (Lipinski definition) is 3. The number of aliphatic imine (C=N–C) groups is 1. The summed E-state index contributed by atoms with van der Waals surface area (Å²) >= 11 is 6.05. The highest BCUT2D eigenvalue weighted by molar-refractivity contribution is 6.32. The van der Waals surface area contributed by atoms with Gasteiger partial charge < -0.3 is 19.5 Å². The second-order valence-electron chi connectivity index (χ2n) is 4.03. The molecule has 4 N–H and O–H groups in total. The Morgan fingerprint density at radius 2 is 1.95 bits per heavy atom. The number of nitrogens with two attached hydrogens (primary N) is 1. The Bertz CT molecular complexity index is 483. The number of hydrogen-bond acceptors (Lipinski definition) is 5. The Hall–Kier alpha value is -1.70. The molecule has 118 valence electrons. The van der Waals surface area contributed by atoms with Gasteiger partial charge in [0.05, 0.1) is 24.9 Å². The van der Waals surface area contributed by atoms with Gasteiger partial charge in [0.15, 0.2) is 0 Å². The van der Waals surface area contributed by atoms with Crippen LogP contribution in [-0.2, 0) is 4.74 Å². The molecule has 0 heterocycles. The van der Waals surface area contributed by atoms with E-state index in [-0.39, 0.29) is 0 Å². The quantitative estimate of drug-likeness (QED) is 0.233. The summed E-state index contributed by atoms with van der Waals surface area (Å²) in [4.78, 5) is 4.29. The molecule has 0 aliphatic rings. The molecule has 0 aliphatic carbocycles. The van der Waals surface area contributed by atoms with Gasteiger partial charge in [0.2, 0.25) is 5.96 Å². The number of halogens is 1. The molecule has 0 atom stereocenters. The fraction of sp³-hybridized carbons (Fsp3) is 0.462. The van der Waals surface area contributed by atoms with Crippen LogP contribution in [0.2, 0.25) is 5.02 Å². The van der Waals surface area contributed by atoms with E-state index in [1.807, 2.05) is 0 Å². The number of nitrogens with zero attached hydrogens (tertiary/aromatic N) is 1. The van der Waals surface area contributed by atoms with Gasteiger partial charge >= 0.3 is 0 Å². The first-order chi connectivity index (χ1) is 10.2. The lowest BCUT2D eigenvalue weighted by Gasteiger charge is -2.15. The van der Waals surface area contributed by atoms with Crippen LogP contribution in [0.15, 0.2) is 17.1 Å². The van der Waals surface area contributed by atoms with Gasteiger partial charge in [-0.2, -0.15) is 0 Å². The second kappa shape index (κ2) is 9.28. The van der Waals surface area contributed by atoms with E-state index in [2.05, 4.69) is 15.7 Å². The first-order valence-electron chi connectivity index (χ1n) is 6.34. The minimum absolute atomic E-state index is 0.411. The number of guanidine groups is 1. The largest absolute Gasteiger partial charge is 0.495 e. The van der Waals surface area contributed by atoms with E-state index in [1.165, 1.54) is 0 Å². The molecule has 1 rings (SSSR count). The van der Waals surface area contributed by atoms with Crippen LogP contribution in [0, 0.1) is 0 Å². The van der Waals surface area contributed by atoms with E-state index in [0.717, 1.165) is 6.42 Å². The molecule has 0 radical (unpaired) electrons. The lowest BCUT2D eigenvalue weighted by molar-refractivity contribution is 0.197. The standard InChI is InChI=1S/C13H21ClN4O3/c1-19-6-4-5-16-13(18-15)17-10-8-11(20-2)9(14)7-12(10)21-3/h7-8H,4-6,15H2,1-3H3,(H2,16,17,18). The average molecular weight is 317 g/mol. The number of ether oxygens (including phenoxy) is 3. The highest BCUT2D eigenvalue weighted by Gasteiger charge is 2.11. The molecule has 1 aromatic rings. The predicted molar refractivity (Wildman–Crippen MR) is 84.3 cm³/mol. The molecule has 0 spiro atoms. The molecule has 0 unspecified atom stereocenters. The number of rotatable bonds is 7. The summed E-state index contributed by atoms with van der Waals surface area (Å²) in [5, 5.41) is 3.49. The number of benzene rings is 1. The lowest BCUT2D eigenvalue weighted by Crippen LogP contribution is -2.36. The van der Waals surface area contributed by atoms with Crippen LogP contribution in [0.3, 0.4) is 0 Å². The highest BCUT2D eigenvalue weighted by Crippen LogP contribution is 2.35. The molecular weight excluding hydrogens is 296 g/mol. The van der Waals surface area contributed by atoms with Crippen molar-refractivity contribution in [1.29, 1.82) is 0 Å². The second-order valence-corrected chi connectivity index (χ2v) is 4.44. The van der Waals surface area contributed by atoms with Gasteiger partial charge in [-0.25, -0.2) is 5.84 Å². The third-order valence-corrected chi connectivity index (χ3v) is 2.94. The SMILES string of the molecule is COCCCN=C(NN)Nc1cc(OC)c(Cl)cc1OC. The molecule has 0 amide bonds. The highest BCUT2D eigenvalue weighted by atomic mass is 35.5. The van der Waals surface area contributed by atoms with Crippen LogP contribution >= 0.6 is 11.6 Å². The molecule has 0 aliphatic heterocycles. The molecule has 0 fully saturated rings. The molecule has 7 nitrogen and oxygen atoms in total. The van der Waals surface area contributed by atoms with Gasteiger partial charge in [0.1, 0.15) is 11.5 Å². The fourth-order valence-corrected chi connectivity index (χ4v) is 1.84. The molecule has 0 bridgehead atoms. The molecular formula is C13H21ClN4O3. The molecule has 21 heavy (non-hydrogen) atoms. The van der Waals surface area contributed by atoms with Gasteiger partial charge in [-0.3, -0.25) is 10.4 Å². The van der Waals surface area contributed by atoms with Crippen LogP contribution in [0.4, 0.5) is 5.69 Å². The third kappa shape index (κ3) is 5.30. The minimum Gasteiger partial charge on any atom is -0.495 e. The number of nitrogens with one attached hydrogen (secondary N) is 2. The summed E-state index contributed by atoms with van der Waals surface area (Å²) in [5.74, 6) is 6.95. The Labute approximate surface area is 129 Å². The Balaban J connectivity index is 2.87. The van der Waals surface area contributed by atoms with Crippen molar-refractivity contribution in [3.8, 4) is 11.5 Å². The summed E-state index contributed by atoms with van der Waals surface area (Å²) in [6.07, 6.45) is 0.796. The van der Waals surface area contributed by atoms with Crippen LogP contribution in [-0.4, -0.2) is 40.4 Å². The lowest BCUT2D eigenvalue weighted by atomic mass is 10.2. The van der Waals surface area contributed by atoms with E-state index >= 15 is 0 Å². The zero-order valence-electron chi connectivity index (χ0n) is 12.4. The van der Waals surface area contributed by atoms with Gasteiger partial charge in [0, 0.05) is 32.4 Å². The van der Waals surface area contributed by atoms with Gasteiger partial charge in [0.25, 0.3) is 0 Å². The third-order valence-electron chi connectivity index (χ3n) is 2.64. The van der Waals surface area contributed by atoms with Gasteiger partial charge in [-0.05, 0) is 6.42 Å². The maximum absolute atomic E-state index is 6.05. The van der Waals surface area contributed by atoms with Crippen LogP contribution in [0.25, 0.3) is 0 Å². The predicted octanol–water partition coefficient (Wildman–Crippen LogP) is 1.62. The van der Waals surface area contributed by atoms with E-state index in [0.29, 0.717) is 41.3 Å². The topological polar surface area (TPSA) is 90.1 Å². The maximum Gasteiger partial charge on any atom is 0.210 e. The first kappa shape index (κ1) is 17.4. The van der Waals surface area contributed by atoms with Crippen molar-refractivity contribution in [2.24, 2.45) is 10.8 Å². The maximum atomic E-state index is 6.05. The summed E-state index contributed by atoms with van der Waals surface area (Å²) in [5.41, 5.74) is 3.14. The Morgan fingerprint density at radius 3 is 2.52 bits per heavy atom. The summed E-state index contributed by atoms with van der Waals surface area (Å²) in [7, 11) is 4.74. The van der Waals surface area contributed by atoms with Crippen LogP contribution in [0.1, 0.15) is 6.42 Å². The number of hydrazine groups is 1. The zero-order valence-corrected chi connectivity index (χ0v) is 13.2. The van der Waals surface area contributed by atoms with E-state index in [9.17, 15) is 0 Å². The molecule has 1 aromatic carbocycles. The monoisotopic (exact) mass is 316 g/mol. The average Bonchev–Trinajstić information content (AvgIpc) is 2.51. The molecule has 0 aromatic heterocycles. The van der Waals surface area contributed by atoms with Crippen molar-refractivity contribution in [1.82, 2.24) is 5.43 Å². The van der Waals surface area contributed by atoms with Crippen molar-refractivity contribution in [2.45, 2.75) is 6.42 Å². The van der Waals surface area contributed by atoms with Gasteiger partial charge in [-0.1, -0.05) is 11.6 Å². The number of anilines is 1. The van der Waals surface area contributed by atoms with E-state index < -0.39 is 0 Å². The normalized spacial score (nSPS) is 11.2. The zero-order chi connectivity index (χ0) is 15.7. The Kier molecular flexibility index (Phi) is 7.66. The molecule has 0 saturated carbocycles. The minimum atomic E-state index is 0.411. The first-order valence-corrected chi connectivity index (χ1v) is 6.72. The van der Waals surface area contributed by atoms with Crippen molar-refractivity contribution < 1.29 is 14.2 Å². The van der Waals surface area contributed by atoms with E-state index in [1.54, 1.807) is 33.5 Å². The summed E-state index contributed by atoms with van der Waals surface area (Å²) in [6, 6.07) is 3.37. The van der Waals surface area contributed by atoms with Crippen molar-refractivity contribution in [3.63, 3.8) is 0 Å². The molecule has 8 heteroatoms.